The van der Waals surface area contributed by atoms with Crippen LogP contribution in [0.1, 0.15) is 46.0 Å². The van der Waals surface area contributed by atoms with Crippen LogP contribution in [0.3, 0.4) is 0 Å². The van der Waals surface area contributed by atoms with Gasteiger partial charge in [0.25, 0.3) is 0 Å². The molecule has 1 N–H and O–H groups in total. The molecule has 0 spiro atoms. The van der Waals surface area contributed by atoms with Crippen molar-refractivity contribution in [3.8, 4) is 0 Å². The Labute approximate surface area is 155 Å². The zero-order chi connectivity index (χ0) is 18.9. The van der Waals surface area contributed by atoms with Crippen LogP contribution in [0, 0.1) is 28.6 Å². The van der Waals surface area contributed by atoms with Crippen LogP contribution in [0.5, 0.6) is 0 Å². The molecule has 0 aromatic carbocycles. The number of ketones is 2. The third-order valence-electron chi connectivity index (χ3n) is 7.67. The molecule has 0 aliphatic heterocycles. The molecule has 0 saturated heterocycles. The zero-order valence-electron chi connectivity index (χ0n) is 15.6. The molecule has 4 aliphatic carbocycles. The summed E-state index contributed by atoms with van der Waals surface area (Å²) in [6, 6.07) is -0.372. The smallest absolute Gasteiger partial charge is 0.209 e. The molecule has 142 valence electrons. The Bertz CT molecular complexity index is 842. The maximum Gasteiger partial charge on any atom is 0.209 e. The summed E-state index contributed by atoms with van der Waals surface area (Å²) < 4.78 is 26.7. The van der Waals surface area contributed by atoms with Gasteiger partial charge in [0.15, 0.2) is 5.78 Å². The Kier molecular flexibility index (Phi) is 3.91. The Morgan fingerprint density at radius 1 is 1.15 bits per heavy atom. The van der Waals surface area contributed by atoms with Crippen LogP contribution < -0.4 is 4.72 Å². The first-order chi connectivity index (χ1) is 12.0. The predicted octanol–water partition coefficient (Wildman–Crippen LogP) is 2.39. The average molecular weight is 378 g/mol. The van der Waals surface area contributed by atoms with Crippen molar-refractivity contribution in [1.29, 1.82) is 0 Å². The Morgan fingerprint density at radius 3 is 2.58 bits per heavy atom. The summed E-state index contributed by atoms with van der Waals surface area (Å²) in [5.74, 6) is 1.24. The lowest BCUT2D eigenvalue weighted by atomic mass is 9.47. The van der Waals surface area contributed by atoms with Crippen molar-refractivity contribution >= 4 is 21.6 Å². The van der Waals surface area contributed by atoms with E-state index in [4.69, 9.17) is 0 Å². The number of allylic oxidation sites excluding steroid dienone is 3. The van der Waals surface area contributed by atoms with E-state index in [0.717, 1.165) is 24.8 Å². The van der Waals surface area contributed by atoms with Gasteiger partial charge in [-0.1, -0.05) is 19.9 Å². The number of Topliss-reactive ketones (excluding diaryl/α,β-unsaturated/α-hetero) is 1. The summed E-state index contributed by atoms with van der Waals surface area (Å²) in [4.78, 5) is 24.6. The van der Waals surface area contributed by atoms with E-state index in [1.165, 1.54) is 6.26 Å². The molecule has 26 heavy (non-hydrogen) atoms. The van der Waals surface area contributed by atoms with Crippen molar-refractivity contribution in [3.63, 3.8) is 0 Å². The van der Waals surface area contributed by atoms with Crippen LogP contribution in [-0.4, -0.2) is 32.3 Å². The van der Waals surface area contributed by atoms with Crippen LogP contribution in [0.25, 0.3) is 0 Å². The Hall–Kier alpha value is -1.27. The molecule has 0 aromatic heterocycles. The minimum atomic E-state index is -3.40. The van der Waals surface area contributed by atoms with E-state index < -0.39 is 10.0 Å². The second-order valence-electron chi connectivity index (χ2n) is 9.09. The maximum atomic E-state index is 12.5. The molecule has 0 amide bonds. The zero-order valence-corrected chi connectivity index (χ0v) is 16.4. The SMILES string of the molecule is C[C@]12C=CC(=O)C=C1[C@H](NS(C)(=O)=O)C[C@@H]1[C@@H]2CC[C@]2(C)C(=O)CC[C@@H]12. The van der Waals surface area contributed by atoms with Gasteiger partial charge in [0.1, 0.15) is 5.78 Å². The standard InChI is InChI=1S/C20H27NO4S/c1-19-8-6-12(22)10-16(19)17(21-26(3,24)25)11-13-14-4-5-18(23)20(14,2)9-7-15(13)19/h6,8,10,13-15,17,21H,4-5,7,9,11H2,1-3H3/t13-,14-,15-,17+,19+,20-/m0/s1. The Morgan fingerprint density at radius 2 is 1.88 bits per heavy atom. The normalized spacial score (nSPS) is 45.0. The minimum Gasteiger partial charge on any atom is -0.299 e. The highest BCUT2D eigenvalue weighted by Gasteiger charge is 2.60. The topological polar surface area (TPSA) is 80.3 Å². The monoisotopic (exact) mass is 377 g/mol. The van der Waals surface area contributed by atoms with Crippen LogP contribution >= 0.6 is 0 Å². The molecular weight excluding hydrogens is 350 g/mol. The average Bonchev–Trinajstić information content (AvgIpc) is 2.83. The summed E-state index contributed by atoms with van der Waals surface area (Å²) in [5, 5.41) is 0. The number of sulfonamides is 1. The van der Waals surface area contributed by atoms with Gasteiger partial charge in [-0.3, -0.25) is 9.59 Å². The Balaban J connectivity index is 1.78. The third-order valence-corrected chi connectivity index (χ3v) is 8.38. The van der Waals surface area contributed by atoms with Crippen molar-refractivity contribution in [3.05, 3.63) is 23.8 Å². The molecule has 0 bridgehead atoms. The molecule has 0 aromatic rings. The van der Waals surface area contributed by atoms with E-state index in [9.17, 15) is 18.0 Å². The van der Waals surface area contributed by atoms with Gasteiger partial charge in [-0.15, -0.1) is 0 Å². The van der Waals surface area contributed by atoms with Gasteiger partial charge in [0.05, 0.1) is 6.26 Å². The maximum absolute atomic E-state index is 12.5. The first-order valence-corrected chi connectivity index (χ1v) is 11.4. The van der Waals surface area contributed by atoms with E-state index in [1.54, 1.807) is 12.2 Å². The highest BCUT2D eigenvalue weighted by Crippen LogP contribution is 2.63. The summed E-state index contributed by atoms with van der Waals surface area (Å²) in [6.45, 7) is 4.24. The van der Waals surface area contributed by atoms with Gasteiger partial charge < -0.3 is 0 Å². The largest absolute Gasteiger partial charge is 0.299 e. The van der Waals surface area contributed by atoms with Crippen molar-refractivity contribution < 1.29 is 18.0 Å². The van der Waals surface area contributed by atoms with Crippen molar-refractivity contribution in [1.82, 2.24) is 4.72 Å². The van der Waals surface area contributed by atoms with Crippen molar-refractivity contribution in [2.24, 2.45) is 28.6 Å². The van der Waals surface area contributed by atoms with E-state index in [2.05, 4.69) is 18.6 Å². The molecule has 4 rings (SSSR count). The van der Waals surface area contributed by atoms with E-state index in [-0.39, 0.29) is 22.7 Å². The highest BCUT2D eigenvalue weighted by atomic mass is 32.2. The summed E-state index contributed by atoms with van der Waals surface area (Å²) in [5.41, 5.74) is 0.305. The van der Waals surface area contributed by atoms with E-state index >= 15 is 0 Å². The molecule has 4 aliphatic rings. The number of hydrogen-bond acceptors (Lipinski definition) is 4. The van der Waals surface area contributed by atoms with Gasteiger partial charge in [-0.2, -0.15) is 0 Å². The van der Waals surface area contributed by atoms with Crippen LogP contribution in [0.4, 0.5) is 0 Å². The van der Waals surface area contributed by atoms with Crippen LogP contribution in [-0.2, 0) is 19.6 Å². The second-order valence-corrected chi connectivity index (χ2v) is 10.9. The summed E-state index contributed by atoms with van der Waals surface area (Å²) >= 11 is 0. The number of rotatable bonds is 2. The van der Waals surface area contributed by atoms with Gasteiger partial charge >= 0.3 is 0 Å². The quantitative estimate of drug-likeness (QED) is 0.801. The van der Waals surface area contributed by atoms with Crippen molar-refractivity contribution in [2.75, 3.05) is 6.26 Å². The minimum absolute atomic E-state index is 0.0760. The highest BCUT2D eigenvalue weighted by molar-refractivity contribution is 7.88. The molecule has 0 radical (unpaired) electrons. The van der Waals surface area contributed by atoms with E-state index in [1.807, 2.05) is 6.08 Å². The second kappa shape index (κ2) is 5.61. The molecule has 3 fully saturated rings. The first kappa shape index (κ1) is 18.1. The molecular formula is C20H27NO4S. The summed E-state index contributed by atoms with van der Waals surface area (Å²) in [7, 11) is -3.40. The lowest BCUT2D eigenvalue weighted by molar-refractivity contribution is -0.131. The lowest BCUT2D eigenvalue weighted by Crippen LogP contribution is -2.56. The number of nitrogens with one attached hydrogen (secondary N) is 1. The molecule has 6 atom stereocenters. The van der Waals surface area contributed by atoms with E-state index in [0.29, 0.717) is 36.4 Å². The molecule has 0 heterocycles. The number of carbonyl (C=O) groups is 2. The van der Waals surface area contributed by atoms with Gasteiger partial charge in [-0.25, -0.2) is 13.1 Å². The van der Waals surface area contributed by atoms with Gasteiger partial charge in [0, 0.05) is 23.3 Å². The van der Waals surface area contributed by atoms with Crippen LogP contribution in [0.2, 0.25) is 0 Å². The first-order valence-electron chi connectivity index (χ1n) is 9.50. The fourth-order valence-electron chi connectivity index (χ4n) is 6.42. The van der Waals surface area contributed by atoms with Crippen molar-refractivity contribution in [2.45, 2.75) is 52.0 Å². The molecule has 3 saturated carbocycles. The fourth-order valence-corrected chi connectivity index (χ4v) is 7.16. The lowest BCUT2D eigenvalue weighted by Gasteiger charge is -2.57. The summed E-state index contributed by atoms with van der Waals surface area (Å²) in [6.07, 6.45) is 10.5. The molecule has 5 nitrogen and oxygen atoms in total. The third kappa shape index (κ3) is 2.56. The number of hydrogen-bond donors (Lipinski definition) is 1. The van der Waals surface area contributed by atoms with Gasteiger partial charge in [0.2, 0.25) is 10.0 Å². The number of fused-ring (bicyclic) bond motifs is 5. The molecule has 6 heteroatoms. The fraction of sp³-hybridized carbons (Fsp3) is 0.700. The number of carbonyl (C=O) groups excluding carboxylic acids is 2. The predicted molar refractivity (Wildman–Crippen MR) is 98.8 cm³/mol. The van der Waals surface area contributed by atoms with Gasteiger partial charge in [-0.05, 0) is 61.2 Å². The molecule has 0 unspecified atom stereocenters. The van der Waals surface area contributed by atoms with Crippen LogP contribution in [0.15, 0.2) is 23.8 Å².